The molecular weight excluding hydrogens is 362 g/mol. The van der Waals surface area contributed by atoms with E-state index in [1.54, 1.807) is 24.4 Å². The molecular formula is C20H19N3O5. The number of para-hydroxylation sites is 1. The van der Waals surface area contributed by atoms with E-state index in [0.717, 1.165) is 12.5 Å². The lowest BCUT2D eigenvalue weighted by molar-refractivity contribution is -0.123. The summed E-state index contributed by atoms with van der Waals surface area (Å²) >= 11 is 0. The highest BCUT2D eigenvalue weighted by molar-refractivity contribution is 5.89. The number of ether oxygens (including phenoxy) is 1. The highest BCUT2D eigenvalue weighted by Crippen LogP contribution is 2.22. The Bertz CT molecular complexity index is 966. The minimum Gasteiger partial charge on any atom is -0.481 e. The van der Waals surface area contributed by atoms with Crippen molar-refractivity contribution >= 4 is 29.0 Å². The van der Waals surface area contributed by atoms with Crippen LogP contribution in [0.3, 0.4) is 0 Å². The average molecular weight is 381 g/mol. The van der Waals surface area contributed by atoms with Crippen LogP contribution in [-0.4, -0.2) is 47.0 Å². The van der Waals surface area contributed by atoms with Crippen molar-refractivity contribution in [2.75, 3.05) is 13.7 Å². The Morgan fingerprint density at radius 2 is 1.82 bits per heavy atom. The summed E-state index contributed by atoms with van der Waals surface area (Å²) in [5, 5.41) is 20.6. The summed E-state index contributed by atoms with van der Waals surface area (Å²) in [6, 6.07) is 15.3. The number of rotatable bonds is 6. The van der Waals surface area contributed by atoms with Gasteiger partial charge >= 0.3 is 5.97 Å². The first-order valence-corrected chi connectivity index (χ1v) is 8.20. The minimum absolute atomic E-state index is 0.184. The number of pyridine rings is 1. The molecule has 3 aromatic rings. The van der Waals surface area contributed by atoms with Crippen molar-refractivity contribution in [2.45, 2.75) is 0 Å². The molecule has 3 rings (SSSR count). The van der Waals surface area contributed by atoms with Gasteiger partial charge in [-0.1, -0.05) is 30.3 Å². The van der Waals surface area contributed by atoms with Crippen LogP contribution >= 0.6 is 0 Å². The first-order valence-electron chi connectivity index (χ1n) is 8.20. The number of nitrogens with one attached hydrogen (secondary N) is 1. The van der Waals surface area contributed by atoms with Crippen LogP contribution in [0, 0.1) is 0 Å². The average Bonchev–Trinajstić information content (AvgIpc) is 2.74. The fourth-order valence-corrected chi connectivity index (χ4v) is 2.26. The predicted molar refractivity (Wildman–Crippen MR) is 105 cm³/mol. The lowest BCUT2D eigenvalue weighted by Gasteiger charge is -2.07. The zero-order valence-electron chi connectivity index (χ0n) is 15.1. The van der Waals surface area contributed by atoms with Crippen molar-refractivity contribution in [1.29, 1.82) is 0 Å². The zero-order chi connectivity index (χ0) is 20.4. The van der Waals surface area contributed by atoms with Gasteiger partial charge in [0.1, 0.15) is 11.3 Å². The Labute approximate surface area is 161 Å². The van der Waals surface area contributed by atoms with Crippen LogP contribution in [0.5, 0.6) is 5.75 Å². The van der Waals surface area contributed by atoms with Crippen LogP contribution in [-0.2, 0) is 4.79 Å². The minimum atomic E-state index is -0.998. The SMILES string of the molecule is CO.O=C(COc1cccc2cccnc12)N/N=C/c1ccc(C(=O)O)cc1. The second kappa shape index (κ2) is 10.4. The number of benzene rings is 2. The summed E-state index contributed by atoms with van der Waals surface area (Å²) in [6.07, 6.45) is 3.08. The van der Waals surface area contributed by atoms with E-state index in [0.29, 0.717) is 16.8 Å². The third-order valence-electron chi connectivity index (χ3n) is 3.51. The van der Waals surface area contributed by atoms with Crippen LogP contribution in [0.1, 0.15) is 15.9 Å². The Morgan fingerprint density at radius 1 is 1.11 bits per heavy atom. The van der Waals surface area contributed by atoms with Crippen molar-refractivity contribution in [3.05, 3.63) is 71.9 Å². The third kappa shape index (κ3) is 5.61. The number of amides is 1. The van der Waals surface area contributed by atoms with Crippen LogP contribution < -0.4 is 10.2 Å². The molecule has 1 aromatic heterocycles. The molecule has 1 heterocycles. The molecule has 0 atom stereocenters. The van der Waals surface area contributed by atoms with E-state index in [-0.39, 0.29) is 12.2 Å². The number of hydrogen-bond donors (Lipinski definition) is 3. The van der Waals surface area contributed by atoms with E-state index in [1.807, 2.05) is 24.3 Å². The molecule has 0 saturated heterocycles. The number of aliphatic hydroxyl groups excluding tert-OH is 1. The number of carboxylic acid groups (broad SMARTS) is 1. The number of hydrazone groups is 1. The van der Waals surface area contributed by atoms with Gasteiger partial charge in [-0.05, 0) is 29.8 Å². The molecule has 144 valence electrons. The first-order chi connectivity index (χ1) is 13.6. The molecule has 0 bridgehead atoms. The molecule has 1 amide bonds. The van der Waals surface area contributed by atoms with Gasteiger partial charge in [0.15, 0.2) is 6.61 Å². The molecule has 0 unspecified atom stereocenters. The number of aromatic carboxylic acids is 1. The number of hydrogen-bond acceptors (Lipinski definition) is 6. The molecule has 8 nitrogen and oxygen atoms in total. The Balaban J connectivity index is 0.00000136. The van der Waals surface area contributed by atoms with Crippen molar-refractivity contribution in [3.8, 4) is 5.75 Å². The number of fused-ring (bicyclic) bond motifs is 1. The van der Waals surface area contributed by atoms with E-state index in [1.165, 1.54) is 18.3 Å². The van der Waals surface area contributed by atoms with Crippen molar-refractivity contribution in [1.82, 2.24) is 10.4 Å². The Morgan fingerprint density at radius 3 is 2.54 bits per heavy atom. The van der Waals surface area contributed by atoms with E-state index in [4.69, 9.17) is 14.9 Å². The van der Waals surface area contributed by atoms with Crippen LogP contribution in [0.15, 0.2) is 65.9 Å². The number of aliphatic hydroxyl groups is 1. The van der Waals surface area contributed by atoms with Gasteiger partial charge in [0.2, 0.25) is 0 Å². The molecule has 0 radical (unpaired) electrons. The summed E-state index contributed by atoms with van der Waals surface area (Å²) in [4.78, 5) is 26.9. The number of nitrogens with zero attached hydrogens (tertiary/aromatic N) is 2. The Hall–Kier alpha value is -3.78. The van der Waals surface area contributed by atoms with E-state index in [2.05, 4.69) is 15.5 Å². The highest BCUT2D eigenvalue weighted by atomic mass is 16.5. The van der Waals surface area contributed by atoms with Crippen LogP contribution in [0.2, 0.25) is 0 Å². The number of carboxylic acids is 1. The monoisotopic (exact) mass is 381 g/mol. The molecule has 0 spiro atoms. The van der Waals surface area contributed by atoms with Gasteiger partial charge in [0.05, 0.1) is 11.8 Å². The normalized spacial score (nSPS) is 10.2. The standard InChI is InChI=1S/C19H15N3O4.CH4O/c23-17(22-21-11-13-6-8-15(9-7-13)19(24)25)12-26-16-5-1-3-14-4-2-10-20-18(14)16;1-2/h1-11H,12H2,(H,22,23)(H,24,25);2H,1H3/b21-11+;. The molecule has 2 aromatic carbocycles. The summed E-state index contributed by atoms with van der Waals surface area (Å²) in [6.45, 7) is -0.203. The summed E-state index contributed by atoms with van der Waals surface area (Å²) < 4.78 is 5.51. The second-order valence-corrected chi connectivity index (χ2v) is 5.34. The fourth-order valence-electron chi connectivity index (χ4n) is 2.26. The zero-order valence-corrected chi connectivity index (χ0v) is 15.1. The number of carbonyl (C=O) groups excluding carboxylic acids is 1. The van der Waals surface area contributed by atoms with Gasteiger partial charge in [-0.3, -0.25) is 9.78 Å². The number of carbonyl (C=O) groups is 2. The van der Waals surface area contributed by atoms with E-state index in [9.17, 15) is 9.59 Å². The van der Waals surface area contributed by atoms with Gasteiger partial charge in [-0.15, -0.1) is 0 Å². The van der Waals surface area contributed by atoms with Gasteiger partial charge in [0.25, 0.3) is 5.91 Å². The van der Waals surface area contributed by atoms with E-state index >= 15 is 0 Å². The quantitative estimate of drug-likeness (QED) is 0.444. The molecule has 3 N–H and O–H groups in total. The van der Waals surface area contributed by atoms with Crippen molar-refractivity contribution in [3.63, 3.8) is 0 Å². The first kappa shape index (κ1) is 20.5. The molecule has 8 heteroatoms. The smallest absolute Gasteiger partial charge is 0.335 e. The summed E-state index contributed by atoms with van der Waals surface area (Å²) in [5.74, 6) is -0.898. The van der Waals surface area contributed by atoms with Gasteiger partial charge in [0, 0.05) is 18.7 Å². The van der Waals surface area contributed by atoms with Crippen molar-refractivity contribution in [2.24, 2.45) is 5.10 Å². The van der Waals surface area contributed by atoms with Crippen molar-refractivity contribution < 1.29 is 24.5 Å². The maximum atomic E-state index is 11.8. The van der Waals surface area contributed by atoms with Gasteiger partial charge in [-0.2, -0.15) is 5.10 Å². The maximum Gasteiger partial charge on any atom is 0.335 e. The maximum absolute atomic E-state index is 11.8. The summed E-state index contributed by atoms with van der Waals surface area (Å²) in [7, 11) is 1.00. The molecule has 0 aliphatic heterocycles. The van der Waals surface area contributed by atoms with Gasteiger partial charge in [-0.25, -0.2) is 10.2 Å². The molecule has 0 aliphatic rings. The highest BCUT2D eigenvalue weighted by Gasteiger charge is 2.06. The molecule has 0 saturated carbocycles. The largest absolute Gasteiger partial charge is 0.481 e. The van der Waals surface area contributed by atoms with Crippen LogP contribution in [0.25, 0.3) is 10.9 Å². The van der Waals surface area contributed by atoms with E-state index < -0.39 is 11.9 Å². The summed E-state index contributed by atoms with van der Waals surface area (Å²) in [5.41, 5.74) is 3.89. The lowest BCUT2D eigenvalue weighted by atomic mass is 10.1. The van der Waals surface area contributed by atoms with Crippen LogP contribution in [0.4, 0.5) is 0 Å². The molecule has 0 fully saturated rings. The lowest BCUT2D eigenvalue weighted by Crippen LogP contribution is -2.24. The molecule has 0 aliphatic carbocycles. The predicted octanol–water partition coefficient (Wildman–Crippen LogP) is 2.07. The Kier molecular flexibility index (Phi) is 7.62. The topological polar surface area (TPSA) is 121 Å². The van der Waals surface area contributed by atoms with Gasteiger partial charge < -0.3 is 14.9 Å². The number of aromatic nitrogens is 1. The third-order valence-corrected chi connectivity index (χ3v) is 3.51. The fraction of sp³-hybridized carbons (Fsp3) is 0.100. The molecule has 28 heavy (non-hydrogen) atoms. The second-order valence-electron chi connectivity index (χ2n) is 5.34.